The summed E-state index contributed by atoms with van der Waals surface area (Å²) in [5, 5.41) is 4.56. The van der Waals surface area contributed by atoms with Crippen molar-refractivity contribution >= 4 is 35.6 Å². The Bertz CT molecular complexity index is 1050. The van der Waals surface area contributed by atoms with E-state index in [2.05, 4.69) is 5.10 Å². The van der Waals surface area contributed by atoms with Crippen LogP contribution in [0.1, 0.15) is 18.2 Å². The molecule has 2 amide bonds. The zero-order valence-electron chi connectivity index (χ0n) is 18.3. The summed E-state index contributed by atoms with van der Waals surface area (Å²) in [5.41, 5.74) is 1.63. The number of nitrogens with zero attached hydrogens (tertiary/aromatic N) is 4. The minimum Gasteiger partial charge on any atom is -0.452 e. The Balaban J connectivity index is 1.52. The standard InChI is InChI=1S/C22H24ClFN4O5/c1-3-32-22(31)27-12-10-26(11-13-27)19(29)14-33-20(30)9-8-18-15(2)25-28(21(18)23)17-6-4-16(24)5-7-17/h4-9H,3,10-14H2,1-2H3/b9-8+. The molecule has 1 fully saturated rings. The average Bonchev–Trinajstić information content (AvgIpc) is 3.10. The maximum Gasteiger partial charge on any atom is 0.409 e. The van der Waals surface area contributed by atoms with Gasteiger partial charge >= 0.3 is 12.1 Å². The molecule has 3 rings (SSSR count). The number of benzene rings is 1. The SMILES string of the molecule is CCOC(=O)N1CCN(C(=O)COC(=O)/C=C/c2c(C)nn(-c3ccc(F)cc3)c2Cl)CC1. The van der Waals surface area contributed by atoms with E-state index in [1.165, 1.54) is 44.8 Å². The first kappa shape index (κ1) is 24.2. The molecule has 176 valence electrons. The second-order valence-electron chi connectivity index (χ2n) is 7.19. The quantitative estimate of drug-likeness (QED) is 0.468. The van der Waals surface area contributed by atoms with E-state index in [-0.39, 0.29) is 16.9 Å². The lowest BCUT2D eigenvalue weighted by molar-refractivity contribution is -0.148. The number of carbonyl (C=O) groups excluding carboxylic acids is 3. The molecule has 1 aliphatic heterocycles. The smallest absolute Gasteiger partial charge is 0.409 e. The van der Waals surface area contributed by atoms with Gasteiger partial charge < -0.3 is 19.3 Å². The number of ether oxygens (including phenoxy) is 2. The van der Waals surface area contributed by atoms with Crippen LogP contribution in [0.5, 0.6) is 0 Å². The Morgan fingerprint density at radius 3 is 2.36 bits per heavy atom. The van der Waals surface area contributed by atoms with Crippen molar-refractivity contribution in [2.45, 2.75) is 13.8 Å². The van der Waals surface area contributed by atoms with Gasteiger partial charge in [-0.3, -0.25) is 4.79 Å². The maximum absolute atomic E-state index is 13.1. The number of halogens is 2. The summed E-state index contributed by atoms with van der Waals surface area (Å²) in [6.07, 6.45) is 2.21. The monoisotopic (exact) mass is 478 g/mol. The number of aryl methyl sites for hydroxylation is 1. The summed E-state index contributed by atoms with van der Waals surface area (Å²) in [6, 6.07) is 5.66. The number of hydrogen-bond acceptors (Lipinski definition) is 6. The highest BCUT2D eigenvalue weighted by atomic mass is 35.5. The van der Waals surface area contributed by atoms with Gasteiger partial charge in [0.2, 0.25) is 0 Å². The molecule has 9 nitrogen and oxygen atoms in total. The third kappa shape index (κ3) is 6.10. The van der Waals surface area contributed by atoms with E-state index in [9.17, 15) is 18.8 Å². The zero-order chi connectivity index (χ0) is 24.0. The van der Waals surface area contributed by atoms with Gasteiger partial charge in [0, 0.05) is 37.8 Å². The molecule has 0 N–H and O–H groups in total. The van der Waals surface area contributed by atoms with E-state index in [0.717, 1.165) is 6.08 Å². The molecule has 11 heteroatoms. The molecule has 1 saturated heterocycles. The Labute approximate surface area is 195 Å². The molecule has 0 bridgehead atoms. The van der Waals surface area contributed by atoms with E-state index < -0.39 is 18.7 Å². The topological polar surface area (TPSA) is 94.0 Å². The van der Waals surface area contributed by atoms with Crippen molar-refractivity contribution in [2.75, 3.05) is 39.4 Å². The molecule has 0 saturated carbocycles. The molecular weight excluding hydrogens is 455 g/mol. The number of aromatic nitrogens is 2. The summed E-state index contributed by atoms with van der Waals surface area (Å²) in [5.74, 6) is -1.44. The van der Waals surface area contributed by atoms with Gasteiger partial charge in [-0.05, 0) is 44.2 Å². The molecule has 1 aliphatic rings. The van der Waals surface area contributed by atoms with Gasteiger partial charge in [0.25, 0.3) is 5.91 Å². The van der Waals surface area contributed by atoms with Gasteiger partial charge in [0.05, 0.1) is 18.0 Å². The summed E-state index contributed by atoms with van der Waals surface area (Å²) in [7, 11) is 0. The van der Waals surface area contributed by atoms with E-state index in [1.54, 1.807) is 13.8 Å². The van der Waals surface area contributed by atoms with Crippen LogP contribution in [0.15, 0.2) is 30.3 Å². The second-order valence-corrected chi connectivity index (χ2v) is 7.54. The minimum atomic E-state index is -0.710. The molecule has 0 radical (unpaired) electrons. The Morgan fingerprint density at radius 1 is 1.09 bits per heavy atom. The molecule has 33 heavy (non-hydrogen) atoms. The van der Waals surface area contributed by atoms with Crippen molar-refractivity contribution in [3.8, 4) is 5.69 Å². The van der Waals surface area contributed by atoms with Crippen LogP contribution in [0.4, 0.5) is 9.18 Å². The van der Waals surface area contributed by atoms with Crippen molar-refractivity contribution < 1.29 is 28.2 Å². The van der Waals surface area contributed by atoms with Crippen LogP contribution in [0.25, 0.3) is 11.8 Å². The highest BCUT2D eigenvalue weighted by Gasteiger charge is 2.25. The van der Waals surface area contributed by atoms with Crippen molar-refractivity contribution in [1.82, 2.24) is 19.6 Å². The predicted octanol–water partition coefficient (Wildman–Crippen LogP) is 2.83. The lowest BCUT2D eigenvalue weighted by atomic mass is 10.2. The first-order valence-electron chi connectivity index (χ1n) is 10.4. The van der Waals surface area contributed by atoms with Gasteiger partial charge in [0.1, 0.15) is 11.0 Å². The van der Waals surface area contributed by atoms with E-state index in [0.29, 0.717) is 49.7 Å². The van der Waals surface area contributed by atoms with Crippen molar-refractivity contribution in [3.63, 3.8) is 0 Å². The number of esters is 1. The van der Waals surface area contributed by atoms with Gasteiger partial charge in [-0.25, -0.2) is 18.7 Å². The van der Waals surface area contributed by atoms with Crippen molar-refractivity contribution in [2.24, 2.45) is 0 Å². The zero-order valence-corrected chi connectivity index (χ0v) is 19.0. The maximum atomic E-state index is 13.1. The van der Waals surface area contributed by atoms with Crippen LogP contribution >= 0.6 is 11.6 Å². The molecule has 2 heterocycles. The Kier molecular flexibility index (Phi) is 8.05. The van der Waals surface area contributed by atoms with E-state index in [1.807, 2.05) is 0 Å². The number of amides is 2. The fourth-order valence-electron chi connectivity index (χ4n) is 3.23. The van der Waals surface area contributed by atoms with Gasteiger partial charge in [-0.2, -0.15) is 5.10 Å². The number of piperazine rings is 1. The highest BCUT2D eigenvalue weighted by molar-refractivity contribution is 6.31. The molecule has 0 unspecified atom stereocenters. The fraction of sp³-hybridized carbons (Fsp3) is 0.364. The third-order valence-corrected chi connectivity index (χ3v) is 5.37. The molecule has 0 aliphatic carbocycles. The first-order valence-corrected chi connectivity index (χ1v) is 10.7. The normalized spacial score (nSPS) is 13.9. The summed E-state index contributed by atoms with van der Waals surface area (Å²) >= 11 is 6.38. The highest BCUT2D eigenvalue weighted by Crippen LogP contribution is 2.24. The molecule has 0 spiro atoms. The lowest BCUT2D eigenvalue weighted by Crippen LogP contribution is -2.51. The van der Waals surface area contributed by atoms with Crippen molar-refractivity contribution in [1.29, 1.82) is 0 Å². The minimum absolute atomic E-state index is 0.249. The molecule has 1 aromatic heterocycles. The molecular formula is C22H24ClFN4O5. The van der Waals surface area contributed by atoms with Gasteiger partial charge in [-0.15, -0.1) is 0 Å². The van der Waals surface area contributed by atoms with Crippen LogP contribution in [0, 0.1) is 12.7 Å². The largest absolute Gasteiger partial charge is 0.452 e. The third-order valence-electron chi connectivity index (χ3n) is 5.00. The summed E-state index contributed by atoms with van der Waals surface area (Å²) in [6.45, 7) is 4.71. The van der Waals surface area contributed by atoms with Crippen LogP contribution in [-0.4, -0.2) is 76.9 Å². The molecule has 2 aromatic rings. The summed E-state index contributed by atoms with van der Waals surface area (Å²) < 4.78 is 24.6. The first-order chi connectivity index (χ1) is 15.8. The van der Waals surface area contributed by atoms with Gasteiger partial charge in [-0.1, -0.05) is 11.6 Å². The molecule has 0 atom stereocenters. The fourth-order valence-corrected chi connectivity index (χ4v) is 3.57. The Hall–Kier alpha value is -3.40. The second kappa shape index (κ2) is 11.0. The lowest BCUT2D eigenvalue weighted by Gasteiger charge is -2.33. The number of carbonyl (C=O) groups is 3. The van der Waals surface area contributed by atoms with Gasteiger partial charge in [0.15, 0.2) is 6.61 Å². The summed E-state index contributed by atoms with van der Waals surface area (Å²) in [4.78, 5) is 39.2. The number of rotatable bonds is 6. The van der Waals surface area contributed by atoms with Crippen LogP contribution < -0.4 is 0 Å². The molecule has 1 aromatic carbocycles. The van der Waals surface area contributed by atoms with E-state index in [4.69, 9.17) is 21.1 Å². The number of hydrogen-bond donors (Lipinski definition) is 0. The van der Waals surface area contributed by atoms with Crippen LogP contribution in [0.2, 0.25) is 5.15 Å². The average molecular weight is 479 g/mol. The van der Waals surface area contributed by atoms with E-state index >= 15 is 0 Å². The predicted molar refractivity (Wildman–Crippen MR) is 118 cm³/mol. The van der Waals surface area contributed by atoms with Crippen LogP contribution in [0.3, 0.4) is 0 Å². The van der Waals surface area contributed by atoms with Crippen LogP contribution in [-0.2, 0) is 19.1 Å². The Morgan fingerprint density at radius 2 is 1.73 bits per heavy atom. The van der Waals surface area contributed by atoms with Crippen molar-refractivity contribution in [3.05, 3.63) is 52.6 Å².